The van der Waals surface area contributed by atoms with Gasteiger partial charge in [-0.25, -0.2) is 9.97 Å². The Morgan fingerprint density at radius 1 is 1.25 bits per heavy atom. The second-order valence-electron chi connectivity index (χ2n) is 4.48. The number of ketones is 1. The number of carbonyl (C=O) groups excluding carboxylic acids is 1. The lowest BCUT2D eigenvalue weighted by molar-refractivity contribution is 0.0970. The molecule has 2 aromatic heterocycles. The fourth-order valence-electron chi connectivity index (χ4n) is 2.43. The normalized spacial score (nSPS) is 14.4. The molecular weight excluding hydrogens is 308 g/mol. The third-order valence-corrected chi connectivity index (χ3v) is 6.25. The first-order valence-electron chi connectivity index (χ1n) is 6.35. The Balaban J connectivity index is 2.16. The summed E-state index contributed by atoms with van der Waals surface area (Å²) in [5.74, 6) is 0.289. The lowest BCUT2D eigenvalue weighted by Gasteiger charge is -2.12. The number of hydrogen-bond acceptors (Lipinski definition) is 6. The van der Waals surface area contributed by atoms with Gasteiger partial charge in [0.05, 0.1) is 14.8 Å². The maximum Gasteiger partial charge on any atom is 0.187 e. The van der Waals surface area contributed by atoms with Crippen LogP contribution in [0.3, 0.4) is 0 Å². The maximum atomic E-state index is 12.2. The summed E-state index contributed by atoms with van der Waals surface area (Å²) in [4.78, 5) is 22.1. The van der Waals surface area contributed by atoms with Crippen molar-refractivity contribution in [1.29, 1.82) is 0 Å². The number of carbonyl (C=O) groups is 1. The van der Waals surface area contributed by atoms with Crippen LogP contribution in [0.25, 0.3) is 10.6 Å². The van der Waals surface area contributed by atoms with Crippen molar-refractivity contribution >= 4 is 40.6 Å². The van der Waals surface area contributed by atoms with E-state index in [1.807, 2.05) is 18.6 Å². The van der Waals surface area contributed by atoms with Crippen LogP contribution in [0, 0.1) is 0 Å². The van der Waals surface area contributed by atoms with E-state index in [9.17, 15) is 4.79 Å². The summed E-state index contributed by atoms with van der Waals surface area (Å²) in [6, 6.07) is 1.94. The van der Waals surface area contributed by atoms with E-state index in [0.717, 1.165) is 38.3 Å². The molecule has 2 aromatic rings. The molecule has 0 saturated heterocycles. The van der Waals surface area contributed by atoms with Crippen LogP contribution in [0.2, 0.25) is 0 Å². The summed E-state index contributed by atoms with van der Waals surface area (Å²) < 4.78 is 1.13. The van der Waals surface area contributed by atoms with E-state index in [4.69, 9.17) is 0 Å². The fourth-order valence-corrected chi connectivity index (χ4v) is 4.88. The van der Waals surface area contributed by atoms with Crippen molar-refractivity contribution in [2.75, 3.05) is 12.5 Å². The van der Waals surface area contributed by atoms with Crippen molar-refractivity contribution in [3.8, 4) is 10.6 Å². The molecule has 20 heavy (non-hydrogen) atoms. The van der Waals surface area contributed by atoms with Gasteiger partial charge in [-0.3, -0.25) is 4.79 Å². The van der Waals surface area contributed by atoms with Crippen molar-refractivity contribution in [2.45, 2.75) is 28.6 Å². The topological polar surface area (TPSA) is 42.9 Å². The van der Waals surface area contributed by atoms with E-state index >= 15 is 0 Å². The highest BCUT2D eigenvalue weighted by molar-refractivity contribution is 8.00. The maximum absolute atomic E-state index is 12.2. The molecule has 0 atom stereocenters. The summed E-state index contributed by atoms with van der Waals surface area (Å²) >= 11 is 4.89. The minimum Gasteiger partial charge on any atom is -0.294 e. The number of hydrogen-bond donors (Lipinski definition) is 0. The van der Waals surface area contributed by atoms with Crippen LogP contribution < -0.4 is 0 Å². The van der Waals surface area contributed by atoms with Crippen molar-refractivity contribution in [3.05, 3.63) is 23.4 Å². The third kappa shape index (κ3) is 2.40. The van der Waals surface area contributed by atoms with E-state index in [-0.39, 0.29) is 5.78 Å². The van der Waals surface area contributed by atoms with Gasteiger partial charge >= 0.3 is 0 Å². The van der Waals surface area contributed by atoms with Crippen LogP contribution in [0.5, 0.6) is 0 Å². The average molecular weight is 322 g/mol. The van der Waals surface area contributed by atoms with Crippen molar-refractivity contribution in [1.82, 2.24) is 9.97 Å². The summed E-state index contributed by atoms with van der Waals surface area (Å²) in [6.07, 6.45) is 8.40. The molecule has 3 nitrogen and oxygen atoms in total. The second kappa shape index (κ2) is 5.87. The molecule has 104 valence electrons. The highest BCUT2D eigenvalue weighted by Gasteiger charge is 2.27. The first-order chi connectivity index (χ1) is 9.74. The van der Waals surface area contributed by atoms with Gasteiger partial charge in [0.2, 0.25) is 0 Å². The van der Waals surface area contributed by atoms with Gasteiger partial charge < -0.3 is 0 Å². The first kappa shape index (κ1) is 14.1. The molecule has 0 fully saturated rings. The molecule has 0 unspecified atom stereocenters. The minimum absolute atomic E-state index is 0.289. The number of fused-ring (bicyclic) bond motifs is 1. The quantitative estimate of drug-likeness (QED) is 0.627. The molecule has 3 rings (SSSR count). The van der Waals surface area contributed by atoms with Gasteiger partial charge in [-0.15, -0.1) is 23.1 Å². The highest BCUT2D eigenvalue weighted by Crippen LogP contribution is 2.43. The Labute approximate surface area is 130 Å². The van der Waals surface area contributed by atoms with Gasteiger partial charge in [-0.1, -0.05) is 11.8 Å². The number of thiophene rings is 1. The monoisotopic (exact) mass is 322 g/mol. The van der Waals surface area contributed by atoms with E-state index < -0.39 is 0 Å². The molecule has 6 heteroatoms. The second-order valence-corrected chi connectivity index (χ2v) is 7.35. The summed E-state index contributed by atoms with van der Waals surface area (Å²) in [5.41, 5.74) is 3.09. The molecule has 0 saturated carbocycles. The van der Waals surface area contributed by atoms with Gasteiger partial charge in [0.1, 0.15) is 0 Å². The average Bonchev–Trinajstić information content (AvgIpc) is 2.87. The highest BCUT2D eigenvalue weighted by atomic mass is 32.2. The van der Waals surface area contributed by atoms with E-state index in [1.165, 1.54) is 17.3 Å². The molecular formula is C14H14N2OS3. The zero-order valence-corrected chi connectivity index (χ0v) is 13.8. The van der Waals surface area contributed by atoms with Gasteiger partial charge in [-0.05, 0) is 37.0 Å². The molecule has 2 heterocycles. The summed E-state index contributed by atoms with van der Waals surface area (Å²) in [5, 5.41) is 0.775. The van der Waals surface area contributed by atoms with Crippen LogP contribution >= 0.6 is 34.9 Å². The van der Waals surface area contributed by atoms with Gasteiger partial charge in [0, 0.05) is 18.2 Å². The van der Waals surface area contributed by atoms with Crippen LogP contribution in [-0.2, 0) is 6.42 Å². The van der Waals surface area contributed by atoms with Crippen LogP contribution in [0.4, 0.5) is 0 Å². The Morgan fingerprint density at radius 2 is 2.10 bits per heavy atom. The molecule has 0 aliphatic heterocycles. The number of rotatable bonds is 3. The third-order valence-electron chi connectivity index (χ3n) is 3.32. The van der Waals surface area contributed by atoms with Gasteiger partial charge in [-0.2, -0.15) is 0 Å². The lowest BCUT2D eigenvalue weighted by Crippen LogP contribution is -2.09. The van der Waals surface area contributed by atoms with Crippen LogP contribution in [0.1, 0.15) is 28.8 Å². The SMILES string of the molecule is CSc1nccc(-c2sc(SC)c3c2CCCC3=O)n1. The zero-order valence-electron chi connectivity index (χ0n) is 11.3. The molecule has 0 N–H and O–H groups in total. The lowest BCUT2D eigenvalue weighted by atomic mass is 9.92. The van der Waals surface area contributed by atoms with E-state index in [1.54, 1.807) is 29.3 Å². The minimum atomic E-state index is 0.289. The van der Waals surface area contributed by atoms with Crippen molar-refractivity contribution in [3.63, 3.8) is 0 Å². The number of nitrogens with zero attached hydrogens (tertiary/aromatic N) is 2. The van der Waals surface area contributed by atoms with Gasteiger partial charge in [0.25, 0.3) is 0 Å². The molecule has 1 aliphatic rings. The number of aromatic nitrogens is 2. The van der Waals surface area contributed by atoms with E-state index in [0.29, 0.717) is 6.42 Å². The first-order valence-corrected chi connectivity index (χ1v) is 9.61. The van der Waals surface area contributed by atoms with Crippen LogP contribution in [-0.4, -0.2) is 28.3 Å². The predicted octanol–water partition coefficient (Wildman–Crippen LogP) is 4.17. The number of thioether (sulfide) groups is 2. The fraction of sp³-hybridized carbons (Fsp3) is 0.357. The Morgan fingerprint density at radius 3 is 2.85 bits per heavy atom. The summed E-state index contributed by atoms with van der Waals surface area (Å²) in [6.45, 7) is 0. The molecule has 0 spiro atoms. The van der Waals surface area contributed by atoms with Crippen molar-refractivity contribution in [2.24, 2.45) is 0 Å². The standard InChI is InChI=1S/C14H14N2OS3/c1-18-13-11-8(4-3-5-10(11)17)12(20-13)9-6-7-15-14(16-9)19-2/h6-7H,3-5H2,1-2H3. The Kier molecular flexibility index (Phi) is 4.14. The molecule has 0 bridgehead atoms. The number of Topliss-reactive ketones (excluding diaryl/α,β-unsaturated/α-hetero) is 1. The zero-order chi connectivity index (χ0) is 14.1. The van der Waals surface area contributed by atoms with Gasteiger partial charge in [0.15, 0.2) is 10.9 Å². The van der Waals surface area contributed by atoms with Crippen LogP contribution in [0.15, 0.2) is 21.6 Å². The Hall–Kier alpha value is -0.850. The smallest absolute Gasteiger partial charge is 0.187 e. The predicted molar refractivity (Wildman–Crippen MR) is 86.2 cm³/mol. The largest absolute Gasteiger partial charge is 0.294 e. The molecule has 1 aliphatic carbocycles. The molecule has 0 radical (unpaired) electrons. The summed E-state index contributed by atoms with van der Waals surface area (Å²) in [7, 11) is 0. The molecule has 0 amide bonds. The van der Waals surface area contributed by atoms with Crippen molar-refractivity contribution < 1.29 is 4.79 Å². The van der Waals surface area contributed by atoms with E-state index in [2.05, 4.69) is 9.97 Å². The molecule has 0 aromatic carbocycles. The Bertz CT molecular complexity index is 666.